The van der Waals surface area contributed by atoms with Crippen LogP contribution < -0.4 is 5.73 Å². The van der Waals surface area contributed by atoms with Crippen LogP contribution in [0.5, 0.6) is 0 Å². The van der Waals surface area contributed by atoms with E-state index in [4.69, 9.17) is 10.5 Å². The van der Waals surface area contributed by atoms with E-state index in [0.29, 0.717) is 12.6 Å². The van der Waals surface area contributed by atoms with Gasteiger partial charge in [-0.1, -0.05) is 49.6 Å². The summed E-state index contributed by atoms with van der Waals surface area (Å²) >= 11 is 0. The highest BCUT2D eigenvalue weighted by atomic mass is 16.6. The minimum Gasteiger partial charge on any atom is -0.372 e. The summed E-state index contributed by atoms with van der Waals surface area (Å²) in [5.74, 6) is 0.861. The molecule has 0 aromatic heterocycles. The Kier molecular flexibility index (Phi) is 5.02. The fraction of sp³-hybridized carbons (Fsp3) is 0.600. The molecule has 2 aliphatic rings. The molecule has 1 unspecified atom stereocenters. The highest BCUT2D eigenvalue weighted by Crippen LogP contribution is 2.32. The van der Waals surface area contributed by atoms with Crippen LogP contribution in [0.15, 0.2) is 30.3 Å². The number of benzene rings is 1. The van der Waals surface area contributed by atoms with Crippen LogP contribution in [0.2, 0.25) is 0 Å². The van der Waals surface area contributed by atoms with Gasteiger partial charge in [-0.2, -0.15) is 0 Å². The molecule has 0 radical (unpaired) electrons. The van der Waals surface area contributed by atoms with Crippen molar-refractivity contribution < 1.29 is 4.74 Å². The highest BCUT2D eigenvalue weighted by Gasteiger charge is 2.18. The molecule has 0 amide bonds. The second kappa shape index (κ2) is 6.77. The van der Waals surface area contributed by atoms with Gasteiger partial charge in [0.2, 0.25) is 0 Å². The minimum absolute atomic E-state index is 0.412. The largest absolute Gasteiger partial charge is 0.372 e. The second-order valence-corrected chi connectivity index (χ2v) is 4.94. The molecule has 1 aromatic rings. The molecule has 1 saturated carbocycles. The first kappa shape index (κ1) is 12.6. The molecular formula is C15H23NO. The molecule has 1 saturated heterocycles. The molecule has 2 nitrogen and oxygen atoms in total. The van der Waals surface area contributed by atoms with Crippen LogP contribution in [-0.4, -0.2) is 19.3 Å². The Morgan fingerprint density at radius 3 is 2.18 bits per heavy atom. The molecule has 2 fully saturated rings. The maximum absolute atomic E-state index is 5.11. The lowest BCUT2D eigenvalue weighted by atomic mass is 9.84. The minimum atomic E-state index is 0.412. The number of rotatable bonds is 2. The van der Waals surface area contributed by atoms with Crippen LogP contribution in [0.25, 0.3) is 0 Å². The summed E-state index contributed by atoms with van der Waals surface area (Å²) in [5.41, 5.74) is 6.66. The topological polar surface area (TPSA) is 38.5 Å². The van der Waals surface area contributed by atoms with Crippen LogP contribution in [-0.2, 0) is 4.74 Å². The van der Waals surface area contributed by atoms with Crippen molar-refractivity contribution in [1.29, 1.82) is 0 Å². The van der Waals surface area contributed by atoms with E-state index in [1.165, 1.54) is 32.1 Å². The fourth-order valence-corrected chi connectivity index (χ4v) is 2.37. The number of hydrogen-bond acceptors (Lipinski definition) is 2. The van der Waals surface area contributed by atoms with Gasteiger partial charge in [0.1, 0.15) is 0 Å². The Hall–Kier alpha value is -0.860. The lowest BCUT2D eigenvalue weighted by molar-refractivity contribution is 0.412. The van der Waals surface area contributed by atoms with E-state index in [1.54, 1.807) is 5.56 Å². The van der Waals surface area contributed by atoms with Crippen molar-refractivity contribution >= 4 is 0 Å². The van der Waals surface area contributed by atoms with E-state index in [2.05, 4.69) is 30.3 Å². The quantitative estimate of drug-likeness (QED) is 0.797. The zero-order valence-electron chi connectivity index (χ0n) is 10.5. The van der Waals surface area contributed by atoms with Crippen LogP contribution in [0.4, 0.5) is 0 Å². The third kappa shape index (κ3) is 4.49. The van der Waals surface area contributed by atoms with Gasteiger partial charge in [0.25, 0.3) is 0 Å². The molecule has 1 aliphatic heterocycles. The lowest BCUT2D eigenvalue weighted by Gasteiger charge is -2.21. The molecular weight excluding hydrogens is 210 g/mol. The molecule has 2 N–H and O–H groups in total. The zero-order chi connectivity index (χ0) is 11.9. The number of hydrogen-bond donors (Lipinski definition) is 1. The summed E-state index contributed by atoms with van der Waals surface area (Å²) in [7, 11) is 0. The lowest BCUT2D eigenvalue weighted by Crippen LogP contribution is -2.05. The van der Waals surface area contributed by atoms with E-state index in [1.807, 2.05) is 0 Å². The average Bonchev–Trinajstić information content (AvgIpc) is 3.25. The smallest absolute Gasteiger partial charge is 0.0931 e. The van der Waals surface area contributed by atoms with Gasteiger partial charge in [0.05, 0.1) is 12.7 Å². The van der Waals surface area contributed by atoms with Crippen LogP contribution in [0.3, 0.4) is 0 Å². The normalized spacial score (nSPS) is 23.7. The van der Waals surface area contributed by atoms with Crippen LogP contribution in [0, 0.1) is 0 Å². The van der Waals surface area contributed by atoms with Gasteiger partial charge >= 0.3 is 0 Å². The third-order valence-electron chi connectivity index (χ3n) is 3.54. The van der Waals surface area contributed by atoms with Gasteiger partial charge in [-0.3, -0.25) is 0 Å². The molecule has 1 aromatic carbocycles. The molecule has 0 bridgehead atoms. The number of ether oxygens (including phenoxy) is 1. The first-order chi connectivity index (χ1) is 8.40. The van der Waals surface area contributed by atoms with Crippen molar-refractivity contribution in [3.8, 4) is 0 Å². The molecule has 1 heterocycles. The first-order valence-electron chi connectivity index (χ1n) is 6.76. The van der Waals surface area contributed by atoms with Crippen LogP contribution in [0.1, 0.15) is 43.6 Å². The van der Waals surface area contributed by atoms with Crippen LogP contribution >= 0.6 is 0 Å². The summed E-state index contributed by atoms with van der Waals surface area (Å²) in [5, 5.41) is 0. The van der Waals surface area contributed by atoms with Gasteiger partial charge in [-0.25, -0.2) is 0 Å². The maximum Gasteiger partial charge on any atom is 0.0931 e. The van der Waals surface area contributed by atoms with E-state index >= 15 is 0 Å². The molecule has 0 spiro atoms. The summed E-state index contributed by atoms with van der Waals surface area (Å²) in [6.45, 7) is 1.58. The summed E-state index contributed by atoms with van der Waals surface area (Å²) in [4.78, 5) is 0. The van der Waals surface area contributed by atoms with E-state index < -0.39 is 0 Å². The molecule has 1 aliphatic carbocycles. The summed E-state index contributed by atoms with van der Waals surface area (Å²) < 4.78 is 4.73. The predicted octanol–water partition coefficient (Wildman–Crippen LogP) is 3.08. The van der Waals surface area contributed by atoms with Gasteiger partial charge in [-0.05, 0) is 24.3 Å². The van der Waals surface area contributed by atoms with E-state index in [0.717, 1.165) is 12.5 Å². The number of nitrogens with two attached hydrogens (primary N) is 1. The van der Waals surface area contributed by atoms with Crippen molar-refractivity contribution in [2.45, 2.75) is 44.1 Å². The molecule has 1 atom stereocenters. The highest BCUT2D eigenvalue weighted by molar-refractivity contribution is 5.19. The van der Waals surface area contributed by atoms with Crippen molar-refractivity contribution in [1.82, 2.24) is 0 Å². The third-order valence-corrected chi connectivity index (χ3v) is 3.54. The SMILES string of the molecule is NCC1CO1.c1ccc(C2CCCCC2)cc1. The van der Waals surface area contributed by atoms with Gasteiger partial charge in [0.15, 0.2) is 0 Å². The van der Waals surface area contributed by atoms with E-state index in [-0.39, 0.29) is 0 Å². The van der Waals surface area contributed by atoms with Gasteiger partial charge in [-0.15, -0.1) is 0 Å². The van der Waals surface area contributed by atoms with Gasteiger partial charge < -0.3 is 10.5 Å². The Morgan fingerprint density at radius 1 is 1.06 bits per heavy atom. The molecule has 94 valence electrons. The Bertz CT molecular complexity index is 302. The Morgan fingerprint density at radius 2 is 1.71 bits per heavy atom. The van der Waals surface area contributed by atoms with Gasteiger partial charge in [0, 0.05) is 6.54 Å². The number of epoxide rings is 1. The molecule has 3 rings (SSSR count). The summed E-state index contributed by atoms with van der Waals surface area (Å²) in [6.07, 6.45) is 7.53. The van der Waals surface area contributed by atoms with Crippen molar-refractivity contribution in [2.75, 3.05) is 13.2 Å². The average molecular weight is 233 g/mol. The van der Waals surface area contributed by atoms with E-state index in [9.17, 15) is 0 Å². The molecule has 17 heavy (non-hydrogen) atoms. The second-order valence-electron chi connectivity index (χ2n) is 4.94. The molecule has 2 heteroatoms. The van der Waals surface area contributed by atoms with Crippen molar-refractivity contribution in [3.05, 3.63) is 35.9 Å². The zero-order valence-corrected chi connectivity index (χ0v) is 10.5. The maximum atomic E-state index is 5.11. The fourth-order valence-electron chi connectivity index (χ4n) is 2.37. The summed E-state index contributed by atoms with van der Waals surface area (Å²) in [6, 6.07) is 11.0. The Balaban J connectivity index is 0.000000181. The Labute approximate surface area is 104 Å². The van der Waals surface area contributed by atoms with Crippen molar-refractivity contribution in [2.24, 2.45) is 5.73 Å². The predicted molar refractivity (Wildman–Crippen MR) is 71.1 cm³/mol. The monoisotopic (exact) mass is 233 g/mol. The van der Waals surface area contributed by atoms with Crippen molar-refractivity contribution in [3.63, 3.8) is 0 Å². The first-order valence-corrected chi connectivity index (χ1v) is 6.76. The standard InChI is InChI=1S/C12H16.C3H7NO/c1-3-7-11(8-4-1)12-9-5-2-6-10-12;4-1-3-2-5-3/h1,3-4,7-8,12H,2,5-6,9-10H2;3H,1-2,4H2.